The number of rotatable bonds is 5. The van der Waals surface area contributed by atoms with Crippen LogP contribution in [0.4, 0.5) is 0 Å². The lowest BCUT2D eigenvalue weighted by Gasteiger charge is -2.30. The minimum absolute atomic E-state index is 0.114. The number of nitriles is 1. The maximum atomic E-state index is 12.5. The number of ether oxygens (including phenoxy) is 1. The third-order valence-electron chi connectivity index (χ3n) is 3.57. The first-order valence-electron chi connectivity index (χ1n) is 7.08. The molecule has 0 saturated heterocycles. The smallest absolute Gasteiger partial charge is 0.319 e. The summed E-state index contributed by atoms with van der Waals surface area (Å²) in [7, 11) is 1.17. The van der Waals surface area contributed by atoms with Crippen molar-refractivity contribution in [2.24, 2.45) is 11.7 Å². The molecule has 2 rings (SSSR count). The Morgan fingerprint density at radius 2 is 2.04 bits per heavy atom. The van der Waals surface area contributed by atoms with E-state index in [-0.39, 0.29) is 16.4 Å². The molecule has 1 aromatic carbocycles. The Morgan fingerprint density at radius 3 is 2.56 bits per heavy atom. The Morgan fingerprint density at radius 1 is 1.40 bits per heavy atom. The summed E-state index contributed by atoms with van der Waals surface area (Å²) in [6, 6.07) is 8.49. The number of methoxy groups -OCH3 is 1. The molecule has 2 amide bonds. The van der Waals surface area contributed by atoms with Crippen LogP contribution < -0.4 is 11.1 Å². The van der Waals surface area contributed by atoms with Crippen molar-refractivity contribution in [3.05, 3.63) is 45.5 Å². The van der Waals surface area contributed by atoms with Crippen molar-refractivity contribution >= 4 is 41.1 Å². The van der Waals surface area contributed by atoms with Gasteiger partial charge in [-0.25, -0.2) is 0 Å². The first-order valence-corrected chi connectivity index (χ1v) is 8.45. The van der Waals surface area contributed by atoms with Crippen molar-refractivity contribution in [1.82, 2.24) is 5.32 Å². The van der Waals surface area contributed by atoms with Gasteiger partial charge in [0, 0.05) is 10.9 Å². The number of nitrogens with two attached hydrogens (primary N) is 1. The first-order chi connectivity index (χ1) is 11.9. The molecule has 0 aromatic heterocycles. The number of amides is 2. The van der Waals surface area contributed by atoms with Gasteiger partial charge in [0.25, 0.3) is 0 Å². The van der Waals surface area contributed by atoms with Crippen LogP contribution in [0.25, 0.3) is 0 Å². The molecule has 130 valence electrons. The van der Waals surface area contributed by atoms with Gasteiger partial charge in [0.2, 0.25) is 11.8 Å². The second kappa shape index (κ2) is 8.05. The number of thioether (sulfide) groups is 1. The number of carbonyl (C=O) groups excluding carboxylic acids is 3. The lowest BCUT2D eigenvalue weighted by Crippen LogP contribution is -2.44. The summed E-state index contributed by atoms with van der Waals surface area (Å²) in [5.74, 6) is -4.15. The Hall–Kier alpha value is -2.50. The van der Waals surface area contributed by atoms with E-state index in [0.29, 0.717) is 10.6 Å². The largest absolute Gasteiger partial charge is 0.468 e. The molecule has 1 aliphatic heterocycles. The van der Waals surface area contributed by atoms with Gasteiger partial charge in [0.15, 0.2) is 0 Å². The molecule has 0 spiro atoms. The van der Waals surface area contributed by atoms with E-state index in [9.17, 15) is 19.6 Å². The normalized spacial score (nSPS) is 19.8. The SMILES string of the molecule is COC(=O)[C@@H]1C(=O)NC(SCC(N)=O)=C(C#N)[C@H]1c1ccc(Cl)cc1. The zero-order chi connectivity index (χ0) is 18.6. The number of allylic oxidation sites excluding steroid dienone is 1. The summed E-state index contributed by atoms with van der Waals surface area (Å²) >= 11 is 6.82. The second-order valence-corrected chi connectivity index (χ2v) is 6.55. The van der Waals surface area contributed by atoms with Crippen LogP contribution in [0.1, 0.15) is 11.5 Å². The average molecular weight is 380 g/mol. The molecule has 2 atom stereocenters. The monoisotopic (exact) mass is 379 g/mol. The van der Waals surface area contributed by atoms with E-state index in [0.717, 1.165) is 11.8 Å². The summed E-state index contributed by atoms with van der Waals surface area (Å²) in [5, 5.41) is 12.8. The predicted molar refractivity (Wildman–Crippen MR) is 92.1 cm³/mol. The molecule has 0 radical (unpaired) electrons. The van der Waals surface area contributed by atoms with Crippen LogP contribution in [0.5, 0.6) is 0 Å². The standard InChI is InChI=1S/C16H14ClN3O4S/c1-24-16(23)13-12(8-2-4-9(17)5-3-8)10(6-18)15(20-14(13)22)25-7-11(19)21/h2-5,12-13H,7H2,1H3,(H2,19,21)(H,20,22)/t12-,13+/m1/s1. The predicted octanol–water partition coefficient (Wildman–Crippen LogP) is 1.30. The molecule has 0 fully saturated rings. The number of esters is 1. The summed E-state index contributed by atoms with van der Waals surface area (Å²) in [4.78, 5) is 35.6. The Kier molecular flexibility index (Phi) is 6.07. The van der Waals surface area contributed by atoms with Crippen LogP contribution in [0.3, 0.4) is 0 Å². The van der Waals surface area contributed by atoms with E-state index in [1.807, 2.05) is 6.07 Å². The number of hydrogen-bond donors (Lipinski definition) is 2. The maximum Gasteiger partial charge on any atom is 0.319 e. The van der Waals surface area contributed by atoms with E-state index >= 15 is 0 Å². The fourth-order valence-electron chi connectivity index (χ4n) is 2.49. The summed E-state index contributed by atoms with van der Waals surface area (Å²) in [6.07, 6.45) is 0. The van der Waals surface area contributed by atoms with E-state index < -0.39 is 29.6 Å². The highest BCUT2D eigenvalue weighted by Gasteiger charge is 2.44. The number of nitrogens with zero attached hydrogens (tertiary/aromatic N) is 1. The Labute approximate surface area is 153 Å². The number of nitrogens with one attached hydrogen (secondary N) is 1. The van der Waals surface area contributed by atoms with Crippen LogP contribution in [-0.2, 0) is 19.1 Å². The van der Waals surface area contributed by atoms with Crippen LogP contribution >= 0.6 is 23.4 Å². The molecule has 3 N–H and O–H groups in total. The molecular formula is C16H14ClN3O4S. The number of carbonyl (C=O) groups is 3. The first kappa shape index (κ1) is 18.8. The zero-order valence-corrected chi connectivity index (χ0v) is 14.7. The summed E-state index contributed by atoms with van der Waals surface area (Å²) < 4.78 is 4.72. The molecule has 0 aliphatic carbocycles. The Bertz CT molecular complexity index is 786. The van der Waals surface area contributed by atoms with Crippen molar-refractivity contribution in [2.45, 2.75) is 5.92 Å². The molecule has 0 unspecified atom stereocenters. The maximum absolute atomic E-state index is 12.5. The highest BCUT2D eigenvalue weighted by Crippen LogP contribution is 2.40. The lowest BCUT2D eigenvalue weighted by molar-refractivity contribution is -0.150. The second-order valence-electron chi connectivity index (χ2n) is 5.13. The van der Waals surface area contributed by atoms with Gasteiger partial charge in [-0.05, 0) is 17.7 Å². The molecular weight excluding hydrogens is 366 g/mol. The van der Waals surface area contributed by atoms with E-state index in [2.05, 4.69) is 5.32 Å². The molecule has 0 bridgehead atoms. The highest BCUT2D eigenvalue weighted by molar-refractivity contribution is 8.03. The van der Waals surface area contributed by atoms with E-state index in [1.54, 1.807) is 24.3 Å². The van der Waals surface area contributed by atoms with Gasteiger partial charge >= 0.3 is 5.97 Å². The van der Waals surface area contributed by atoms with E-state index in [4.69, 9.17) is 22.1 Å². The fraction of sp³-hybridized carbons (Fsp3) is 0.250. The van der Waals surface area contributed by atoms with Crippen LogP contribution in [0.15, 0.2) is 34.9 Å². The molecule has 9 heteroatoms. The van der Waals surface area contributed by atoms with Gasteiger partial charge in [0.1, 0.15) is 5.92 Å². The van der Waals surface area contributed by atoms with Crippen molar-refractivity contribution in [1.29, 1.82) is 5.26 Å². The van der Waals surface area contributed by atoms with Gasteiger partial charge in [-0.1, -0.05) is 35.5 Å². The molecule has 0 saturated carbocycles. The van der Waals surface area contributed by atoms with Gasteiger partial charge in [-0.15, -0.1) is 0 Å². The van der Waals surface area contributed by atoms with Crippen molar-refractivity contribution in [2.75, 3.05) is 12.9 Å². The molecule has 1 heterocycles. The number of hydrogen-bond acceptors (Lipinski definition) is 6. The minimum Gasteiger partial charge on any atom is -0.468 e. The van der Waals surface area contributed by atoms with Crippen LogP contribution in [0, 0.1) is 17.2 Å². The van der Waals surface area contributed by atoms with Gasteiger partial charge in [-0.2, -0.15) is 5.26 Å². The zero-order valence-electron chi connectivity index (χ0n) is 13.1. The summed E-state index contributed by atoms with van der Waals surface area (Å²) in [5.41, 5.74) is 5.84. The molecule has 7 nitrogen and oxygen atoms in total. The fourth-order valence-corrected chi connectivity index (χ4v) is 3.41. The summed E-state index contributed by atoms with van der Waals surface area (Å²) in [6.45, 7) is 0. The average Bonchev–Trinajstić information content (AvgIpc) is 2.59. The third kappa shape index (κ3) is 4.13. The Balaban J connectivity index is 2.57. The molecule has 25 heavy (non-hydrogen) atoms. The number of benzene rings is 1. The van der Waals surface area contributed by atoms with Crippen molar-refractivity contribution in [3.63, 3.8) is 0 Å². The number of primary amides is 1. The van der Waals surface area contributed by atoms with Crippen molar-refractivity contribution < 1.29 is 19.1 Å². The van der Waals surface area contributed by atoms with Crippen LogP contribution in [0.2, 0.25) is 5.02 Å². The van der Waals surface area contributed by atoms with Crippen LogP contribution in [-0.4, -0.2) is 30.6 Å². The van der Waals surface area contributed by atoms with Gasteiger partial charge < -0.3 is 15.8 Å². The lowest BCUT2D eigenvalue weighted by atomic mass is 9.78. The van der Waals surface area contributed by atoms with Gasteiger partial charge in [0.05, 0.1) is 29.5 Å². The molecule has 1 aromatic rings. The minimum atomic E-state index is -1.22. The quantitative estimate of drug-likeness (QED) is 0.587. The highest BCUT2D eigenvalue weighted by atomic mass is 35.5. The topological polar surface area (TPSA) is 122 Å². The number of halogens is 1. The third-order valence-corrected chi connectivity index (χ3v) is 4.86. The van der Waals surface area contributed by atoms with Crippen molar-refractivity contribution in [3.8, 4) is 6.07 Å². The van der Waals surface area contributed by atoms with E-state index in [1.165, 1.54) is 7.11 Å². The van der Waals surface area contributed by atoms with Gasteiger partial charge in [-0.3, -0.25) is 14.4 Å². The molecule has 1 aliphatic rings.